The van der Waals surface area contributed by atoms with E-state index in [9.17, 15) is 14.4 Å². The molecule has 1 unspecified atom stereocenters. The molecule has 1 aromatic heterocycles. The number of aromatic nitrogens is 1. The van der Waals surface area contributed by atoms with E-state index < -0.39 is 36.5 Å². The van der Waals surface area contributed by atoms with Gasteiger partial charge in [0.05, 0.1) is 24.5 Å². The monoisotopic (exact) mass is 529 g/mol. The SMILES string of the molecule is [2H]C1([2H])C(=O)NC(=O)C([2H])(N2C(=O)c3cccc4c(Cc5ccc(CN6CCC7(CCCO7)CC6)cc5)ncc2c34)C1([2H])[2H]. The highest BCUT2D eigenvalue weighted by atomic mass is 16.5. The zero-order chi connectivity index (χ0) is 31.1. The number of likely N-dealkylation sites (tertiary alicyclic amines) is 1. The Morgan fingerprint density at radius 3 is 2.64 bits per heavy atom. The van der Waals surface area contributed by atoms with Gasteiger partial charge in [0, 0.05) is 60.9 Å². The number of ether oxygens (including phenoxy) is 1. The van der Waals surface area contributed by atoms with Crippen molar-refractivity contribution in [2.75, 3.05) is 24.6 Å². The molecule has 1 atom stereocenters. The molecule has 3 saturated heterocycles. The largest absolute Gasteiger partial charge is 0.375 e. The maximum atomic E-state index is 13.7. The molecule has 0 radical (unpaired) electrons. The lowest BCUT2D eigenvalue weighted by molar-refractivity contribution is -0.134. The topological polar surface area (TPSA) is 91.8 Å². The van der Waals surface area contributed by atoms with Crippen molar-refractivity contribution in [2.45, 2.75) is 63.0 Å². The molecule has 39 heavy (non-hydrogen) atoms. The first-order valence-electron chi connectivity index (χ1n) is 15.9. The second kappa shape index (κ2) is 9.54. The van der Waals surface area contributed by atoms with Crippen LogP contribution in [-0.2, 0) is 27.3 Å². The second-order valence-corrected chi connectivity index (χ2v) is 10.7. The predicted molar refractivity (Wildman–Crippen MR) is 146 cm³/mol. The van der Waals surface area contributed by atoms with E-state index in [2.05, 4.69) is 34.1 Å². The van der Waals surface area contributed by atoms with Crippen LogP contribution in [0.15, 0.2) is 48.7 Å². The van der Waals surface area contributed by atoms with Crippen molar-refractivity contribution in [3.8, 4) is 0 Å². The summed E-state index contributed by atoms with van der Waals surface area (Å²) in [5.74, 6) is -3.75. The summed E-state index contributed by atoms with van der Waals surface area (Å²) in [6, 6.07) is 10.2. The molecule has 3 amide bonds. The maximum absolute atomic E-state index is 13.7. The molecule has 2 aromatic carbocycles. The van der Waals surface area contributed by atoms with Crippen LogP contribution < -0.4 is 10.2 Å². The number of hydrogen-bond donors (Lipinski definition) is 1. The average molecular weight is 530 g/mol. The Balaban J connectivity index is 1.14. The Bertz CT molecular complexity index is 1700. The van der Waals surface area contributed by atoms with E-state index >= 15 is 0 Å². The molecule has 4 aliphatic rings. The van der Waals surface area contributed by atoms with Gasteiger partial charge in [0.1, 0.15) is 6.02 Å². The minimum Gasteiger partial charge on any atom is -0.375 e. The summed E-state index contributed by atoms with van der Waals surface area (Å²) >= 11 is 0. The molecule has 1 N–H and O–H groups in total. The van der Waals surface area contributed by atoms with Crippen molar-refractivity contribution < 1.29 is 26.0 Å². The third-order valence-corrected chi connectivity index (χ3v) is 8.36. The second-order valence-electron chi connectivity index (χ2n) is 10.7. The van der Waals surface area contributed by atoms with E-state index in [0.29, 0.717) is 27.8 Å². The van der Waals surface area contributed by atoms with Crippen molar-refractivity contribution in [1.82, 2.24) is 15.2 Å². The molecule has 0 aliphatic carbocycles. The Kier molecular flexibility index (Phi) is 4.75. The van der Waals surface area contributed by atoms with Gasteiger partial charge in [-0.15, -0.1) is 0 Å². The van der Waals surface area contributed by atoms with E-state index in [4.69, 9.17) is 11.6 Å². The van der Waals surface area contributed by atoms with Crippen LogP contribution in [-0.4, -0.2) is 58.9 Å². The summed E-state index contributed by atoms with van der Waals surface area (Å²) in [5, 5.41) is 2.77. The van der Waals surface area contributed by atoms with E-state index in [1.165, 1.54) is 24.2 Å². The van der Waals surface area contributed by atoms with Gasteiger partial charge < -0.3 is 4.74 Å². The van der Waals surface area contributed by atoms with E-state index in [1.807, 2.05) is 0 Å². The molecule has 8 heteroatoms. The molecule has 8 nitrogen and oxygen atoms in total. The number of carbonyl (C=O) groups is 3. The highest BCUT2D eigenvalue weighted by Crippen LogP contribution is 2.40. The molecular weight excluding hydrogens is 492 g/mol. The molecule has 4 aliphatic heterocycles. The third-order valence-electron chi connectivity index (χ3n) is 8.36. The third kappa shape index (κ3) is 4.32. The fraction of sp³-hybridized carbons (Fsp3) is 0.419. The smallest absolute Gasteiger partial charge is 0.259 e. The maximum Gasteiger partial charge on any atom is 0.259 e. The summed E-state index contributed by atoms with van der Waals surface area (Å²) in [5.41, 5.74) is 3.14. The molecule has 3 fully saturated rings. The highest BCUT2D eigenvalue weighted by Gasteiger charge is 2.41. The van der Waals surface area contributed by atoms with Gasteiger partial charge in [0.2, 0.25) is 11.8 Å². The van der Waals surface area contributed by atoms with Crippen molar-refractivity contribution in [3.05, 3.63) is 71.0 Å². The number of benzene rings is 2. The minimum atomic E-state index is -3.37. The molecule has 0 bridgehead atoms. The molecular formula is C31H32N4O4. The fourth-order valence-corrected chi connectivity index (χ4v) is 6.29. The zero-order valence-corrected chi connectivity index (χ0v) is 21.5. The van der Waals surface area contributed by atoms with Gasteiger partial charge in [0.15, 0.2) is 0 Å². The van der Waals surface area contributed by atoms with E-state index in [0.717, 1.165) is 51.1 Å². The molecule has 7 rings (SSSR count). The fourth-order valence-electron chi connectivity index (χ4n) is 6.29. The lowest BCUT2D eigenvalue weighted by atomic mass is 9.88. The van der Waals surface area contributed by atoms with Crippen LogP contribution in [0.5, 0.6) is 0 Å². The molecule has 5 heterocycles. The van der Waals surface area contributed by atoms with Crippen molar-refractivity contribution in [2.24, 2.45) is 0 Å². The number of imide groups is 1. The number of rotatable bonds is 5. The molecule has 200 valence electrons. The highest BCUT2D eigenvalue weighted by molar-refractivity contribution is 6.27. The first kappa shape index (κ1) is 19.4. The number of anilines is 1. The summed E-state index contributed by atoms with van der Waals surface area (Å²) in [7, 11) is 0. The lowest BCUT2D eigenvalue weighted by Crippen LogP contribution is -2.53. The molecule has 0 saturated carbocycles. The van der Waals surface area contributed by atoms with Gasteiger partial charge in [0.25, 0.3) is 5.91 Å². The molecule has 3 aromatic rings. The number of pyridine rings is 1. The number of amides is 3. The van der Waals surface area contributed by atoms with Crippen molar-refractivity contribution in [3.63, 3.8) is 0 Å². The van der Waals surface area contributed by atoms with Gasteiger partial charge in [-0.25, -0.2) is 0 Å². The first-order chi connectivity index (χ1) is 20.9. The Morgan fingerprint density at radius 1 is 1.08 bits per heavy atom. The van der Waals surface area contributed by atoms with Gasteiger partial charge >= 0.3 is 0 Å². The molecule has 1 spiro atoms. The number of nitrogens with zero attached hydrogens (tertiary/aromatic N) is 3. The first-order valence-corrected chi connectivity index (χ1v) is 13.4. The van der Waals surface area contributed by atoms with Gasteiger partial charge in [-0.05, 0) is 49.2 Å². The van der Waals surface area contributed by atoms with Crippen molar-refractivity contribution in [1.29, 1.82) is 0 Å². The summed E-state index contributed by atoms with van der Waals surface area (Å²) in [6.45, 7) is 3.79. The predicted octanol–water partition coefficient (Wildman–Crippen LogP) is 3.74. The van der Waals surface area contributed by atoms with Crippen LogP contribution >= 0.6 is 0 Å². The van der Waals surface area contributed by atoms with Gasteiger partial charge in [-0.1, -0.05) is 36.4 Å². The van der Waals surface area contributed by atoms with E-state index in [-0.39, 0.29) is 16.9 Å². The minimum absolute atomic E-state index is 0.0187. The van der Waals surface area contributed by atoms with Gasteiger partial charge in [-0.3, -0.25) is 34.5 Å². The Labute approximate surface area is 234 Å². The normalized spacial score (nSPS) is 29.1. The summed E-state index contributed by atoms with van der Waals surface area (Å²) in [6.07, 6.45) is -0.385. The van der Waals surface area contributed by atoms with Crippen LogP contribution in [0.4, 0.5) is 5.69 Å². The van der Waals surface area contributed by atoms with Crippen LogP contribution in [0.3, 0.4) is 0 Å². The quantitative estimate of drug-likeness (QED) is 0.507. The van der Waals surface area contributed by atoms with Gasteiger partial charge in [-0.2, -0.15) is 0 Å². The van der Waals surface area contributed by atoms with Crippen molar-refractivity contribution >= 4 is 34.2 Å². The number of piperidine rings is 2. The van der Waals surface area contributed by atoms with E-state index in [1.54, 1.807) is 17.4 Å². The number of nitrogens with one attached hydrogen (secondary N) is 1. The summed E-state index contributed by atoms with van der Waals surface area (Å²) < 4.78 is 47.9. The lowest BCUT2D eigenvalue weighted by Gasteiger charge is -2.38. The summed E-state index contributed by atoms with van der Waals surface area (Å²) in [4.78, 5) is 46.5. The number of carbonyl (C=O) groups excluding carboxylic acids is 3. The average Bonchev–Trinajstić information content (AvgIpc) is 3.58. The Hall–Kier alpha value is -3.62. The number of hydrogen-bond acceptors (Lipinski definition) is 6. The standard InChI is InChI=1S/C31H32N4O4/c36-27-10-9-25(29(37)33-27)35-26-18-32-24(22-3-1-4-23(28(22)26)30(35)38)17-20-5-7-21(8-6-20)19-34-14-12-31(13-15-34)11-2-16-39-31/h1,3-8,18,25H,2,9-17,19H2,(H,33,36,37)/i9D2,10D2,25D. The van der Waals surface area contributed by atoms with Crippen LogP contribution in [0, 0.1) is 0 Å². The zero-order valence-electron chi connectivity index (χ0n) is 26.5. The van der Waals surface area contributed by atoms with Crippen LogP contribution in [0.2, 0.25) is 0 Å². The van der Waals surface area contributed by atoms with Crippen LogP contribution in [0.1, 0.15) is 72.5 Å². The van der Waals surface area contributed by atoms with Crippen LogP contribution in [0.25, 0.3) is 10.8 Å². The Morgan fingerprint density at radius 2 is 1.87 bits per heavy atom.